The first-order valence-corrected chi connectivity index (χ1v) is 3.54. The third kappa shape index (κ3) is 0.851. The zero-order valence-corrected chi connectivity index (χ0v) is 6.39. The Labute approximate surface area is 68.2 Å². The van der Waals surface area contributed by atoms with Crippen molar-refractivity contribution in [2.24, 2.45) is 0 Å². The molecule has 4 heteroatoms. The highest BCUT2D eigenvalue weighted by atomic mass is 35.5. The Bertz CT molecular complexity index is 393. The largest absolute Gasteiger partial charge is 0.396 e. The molecular weight excluding hydrogens is 162 g/mol. The van der Waals surface area contributed by atoms with E-state index >= 15 is 0 Å². The van der Waals surface area contributed by atoms with Gasteiger partial charge in [0, 0.05) is 0 Å². The zero-order chi connectivity index (χ0) is 7.84. The van der Waals surface area contributed by atoms with Crippen molar-refractivity contribution in [2.75, 3.05) is 5.73 Å². The van der Waals surface area contributed by atoms with Gasteiger partial charge in [0.25, 0.3) is 0 Å². The summed E-state index contributed by atoms with van der Waals surface area (Å²) >= 11 is 5.77. The van der Waals surface area contributed by atoms with Crippen LogP contribution in [0.3, 0.4) is 0 Å². The van der Waals surface area contributed by atoms with Crippen LogP contribution < -0.4 is 5.73 Å². The molecule has 0 bridgehead atoms. The van der Waals surface area contributed by atoms with Crippen molar-refractivity contribution < 1.29 is 0 Å². The minimum Gasteiger partial charge on any atom is -0.396 e. The van der Waals surface area contributed by atoms with Crippen LogP contribution >= 0.6 is 11.6 Å². The van der Waals surface area contributed by atoms with Crippen LogP contribution in [0, 0.1) is 0 Å². The average molecular weight is 168 g/mol. The van der Waals surface area contributed by atoms with Crippen LogP contribution in [0.15, 0.2) is 18.5 Å². The lowest BCUT2D eigenvalue weighted by molar-refractivity contribution is 1.34. The molecule has 2 rings (SSSR count). The number of aromatic nitrogens is 2. The third-order valence-corrected chi connectivity index (χ3v) is 1.91. The van der Waals surface area contributed by atoms with E-state index in [1.165, 1.54) is 0 Å². The van der Waals surface area contributed by atoms with Crippen molar-refractivity contribution in [3.05, 3.63) is 23.5 Å². The van der Waals surface area contributed by atoms with Gasteiger partial charge in [-0.2, -0.15) is 0 Å². The molecule has 0 saturated carbocycles. The van der Waals surface area contributed by atoms with Crippen molar-refractivity contribution >= 4 is 28.3 Å². The topological polar surface area (TPSA) is 54.7 Å². The van der Waals surface area contributed by atoms with Crippen LogP contribution in [-0.4, -0.2) is 9.97 Å². The van der Waals surface area contributed by atoms with Gasteiger partial charge in [0.05, 0.1) is 22.6 Å². The van der Waals surface area contributed by atoms with E-state index in [9.17, 15) is 0 Å². The molecule has 0 fully saturated rings. The molecule has 1 aromatic carbocycles. The van der Waals surface area contributed by atoms with Gasteiger partial charge < -0.3 is 10.7 Å². The Morgan fingerprint density at radius 2 is 2.27 bits per heavy atom. The summed E-state index contributed by atoms with van der Waals surface area (Å²) in [5.74, 6) is 0. The molecule has 0 radical (unpaired) electrons. The molecule has 0 aliphatic rings. The molecule has 1 aromatic heterocycles. The van der Waals surface area contributed by atoms with E-state index in [1.807, 2.05) is 6.07 Å². The van der Waals surface area contributed by atoms with E-state index < -0.39 is 0 Å². The van der Waals surface area contributed by atoms with Crippen molar-refractivity contribution in [1.82, 2.24) is 9.97 Å². The molecular formula is C7H6ClN3. The fourth-order valence-corrected chi connectivity index (χ4v) is 1.16. The lowest BCUT2D eigenvalue weighted by Gasteiger charge is -1.96. The minimum absolute atomic E-state index is 0.533. The first kappa shape index (κ1) is 6.49. The molecule has 0 unspecified atom stereocenters. The molecule has 1 heterocycles. The monoisotopic (exact) mass is 167 g/mol. The summed E-state index contributed by atoms with van der Waals surface area (Å²) in [4.78, 5) is 6.95. The average Bonchev–Trinajstić information content (AvgIpc) is 2.45. The molecule has 56 valence electrons. The Kier molecular flexibility index (Phi) is 1.26. The molecule has 0 atom stereocenters. The van der Waals surface area contributed by atoms with E-state index in [0.717, 1.165) is 11.0 Å². The fourth-order valence-electron chi connectivity index (χ4n) is 1.01. The fraction of sp³-hybridized carbons (Fsp3) is 0. The van der Waals surface area contributed by atoms with E-state index in [-0.39, 0.29) is 0 Å². The zero-order valence-electron chi connectivity index (χ0n) is 5.63. The smallest absolute Gasteiger partial charge is 0.113 e. The highest BCUT2D eigenvalue weighted by Gasteiger charge is 2.02. The maximum absolute atomic E-state index is 5.77. The van der Waals surface area contributed by atoms with Crippen LogP contribution in [0.1, 0.15) is 0 Å². The summed E-state index contributed by atoms with van der Waals surface area (Å²) in [6, 6.07) is 3.60. The Hall–Kier alpha value is -1.22. The van der Waals surface area contributed by atoms with Gasteiger partial charge in [-0.25, -0.2) is 4.98 Å². The summed E-state index contributed by atoms with van der Waals surface area (Å²) in [6.45, 7) is 0. The van der Waals surface area contributed by atoms with Gasteiger partial charge in [0.1, 0.15) is 5.52 Å². The first-order valence-electron chi connectivity index (χ1n) is 3.16. The lowest BCUT2D eigenvalue weighted by atomic mass is 10.3. The maximum Gasteiger partial charge on any atom is 0.113 e. The number of imidazole rings is 1. The molecule has 0 aliphatic heterocycles. The quantitative estimate of drug-likeness (QED) is 0.588. The van der Waals surface area contributed by atoms with Gasteiger partial charge in [-0.05, 0) is 12.1 Å². The van der Waals surface area contributed by atoms with E-state index in [4.69, 9.17) is 17.3 Å². The summed E-state index contributed by atoms with van der Waals surface area (Å²) in [6.07, 6.45) is 1.59. The third-order valence-electron chi connectivity index (χ3n) is 1.58. The van der Waals surface area contributed by atoms with Crippen LogP contribution in [-0.2, 0) is 0 Å². The van der Waals surface area contributed by atoms with Gasteiger partial charge in [-0.1, -0.05) is 11.6 Å². The Balaban J connectivity index is 2.93. The standard InChI is InChI=1S/C7H6ClN3/c8-4-1-2-5-7(6(4)9)11-3-10-5/h1-3H,9H2,(H,10,11). The second kappa shape index (κ2) is 2.13. The van der Waals surface area contributed by atoms with E-state index in [2.05, 4.69) is 9.97 Å². The molecule has 0 amide bonds. The summed E-state index contributed by atoms with van der Waals surface area (Å²) in [5.41, 5.74) is 7.82. The molecule has 3 nitrogen and oxygen atoms in total. The van der Waals surface area contributed by atoms with Crippen LogP contribution in [0.2, 0.25) is 5.02 Å². The maximum atomic E-state index is 5.77. The second-order valence-corrected chi connectivity index (χ2v) is 2.67. The first-order chi connectivity index (χ1) is 5.29. The van der Waals surface area contributed by atoms with Crippen molar-refractivity contribution in [1.29, 1.82) is 0 Å². The highest BCUT2D eigenvalue weighted by Crippen LogP contribution is 2.25. The van der Waals surface area contributed by atoms with Gasteiger partial charge in [-0.15, -0.1) is 0 Å². The number of hydrogen-bond acceptors (Lipinski definition) is 2. The number of nitrogen functional groups attached to an aromatic ring is 1. The number of H-pyrrole nitrogens is 1. The number of benzene rings is 1. The number of fused-ring (bicyclic) bond motifs is 1. The second-order valence-electron chi connectivity index (χ2n) is 2.26. The number of rotatable bonds is 0. The van der Waals surface area contributed by atoms with Crippen molar-refractivity contribution in [2.45, 2.75) is 0 Å². The number of halogens is 1. The Morgan fingerprint density at radius 1 is 1.45 bits per heavy atom. The molecule has 0 spiro atoms. The predicted octanol–water partition coefficient (Wildman–Crippen LogP) is 1.80. The van der Waals surface area contributed by atoms with Crippen LogP contribution in [0.25, 0.3) is 11.0 Å². The number of hydrogen-bond donors (Lipinski definition) is 2. The van der Waals surface area contributed by atoms with Crippen molar-refractivity contribution in [3.8, 4) is 0 Å². The van der Waals surface area contributed by atoms with Gasteiger partial charge in [-0.3, -0.25) is 0 Å². The van der Waals surface area contributed by atoms with E-state index in [0.29, 0.717) is 10.7 Å². The molecule has 0 aliphatic carbocycles. The predicted molar refractivity (Wildman–Crippen MR) is 45.5 cm³/mol. The molecule has 2 aromatic rings. The molecule has 3 N–H and O–H groups in total. The summed E-state index contributed by atoms with van der Waals surface area (Å²) < 4.78 is 0. The van der Waals surface area contributed by atoms with Gasteiger partial charge in [0.15, 0.2) is 0 Å². The number of nitrogens with one attached hydrogen (secondary N) is 1. The number of anilines is 1. The normalized spacial score (nSPS) is 10.6. The minimum atomic E-state index is 0.533. The van der Waals surface area contributed by atoms with Gasteiger partial charge in [0.2, 0.25) is 0 Å². The lowest BCUT2D eigenvalue weighted by Crippen LogP contribution is -1.87. The Morgan fingerprint density at radius 3 is 3.09 bits per heavy atom. The highest BCUT2D eigenvalue weighted by molar-refractivity contribution is 6.34. The SMILES string of the molecule is Nc1c(Cl)ccc2[nH]cnc12. The van der Waals surface area contributed by atoms with Crippen LogP contribution in [0.5, 0.6) is 0 Å². The molecule has 11 heavy (non-hydrogen) atoms. The van der Waals surface area contributed by atoms with Gasteiger partial charge >= 0.3 is 0 Å². The van der Waals surface area contributed by atoms with Crippen LogP contribution in [0.4, 0.5) is 5.69 Å². The van der Waals surface area contributed by atoms with E-state index in [1.54, 1.807) is 12.4 Å². The number of aromatic amines is 1. The summed E-state index contributed by atoms with van der Waals surface area (Å²) in [5, 5.41) is 0.546. The van der Waals surface area contributed by atoms with Crippen molar-refractivity contribution in [3.63, 3.8) is 0 Å². The molecule has 0 saturated heterocycles. The number of nitrogens with two attached hydrogens (primary N) is 1. The summed E-state index contributed by atoms with van der Waals surface area (Å²) in [7, 11) is 0. The number of nitrogens with zero attached hydrogens (tertiary/aromatic N) is 1.